The number of rotatable bonds is 2. The van der Waals surface area contributed by atoms with Crippen LogP contribution < -0.4 is 0 Å². The number of alkyl halides is 1. The summed E-state index contributed by atoms with van der Waals surface area (Å²) < 4.78 is 4.73. The van der Waals surface area contributed by atoms with Gasteiger partial charge in [0.1, 0.15) is 0 Å². The molecule has 0 fully saturated rings. The van der Waals surface area contributed by atoms with Crippen LogP contribution in [0.25, 0.3) is 0 Å². The second kappa shape index (κ2) is 4.34. The predicted octanol–water partition coefficient (Wildman–Crippen LogP) is 2.54. The van der Waals surface area contributed by atoms with Gasteiger partial charge in [-0.15, -0.1) is 0 Å². The fourth-order valence-electron chi connectivity index (χ4n) is 1.72. The molecule has 1 unspecified atom stereocenters. The SMILES string of the molecule is COC(=O)C1=CC(C)(Cl)N=C1c1ccccc1. The number of hydrogen-bond donors (Lipinski definition) is 0. The Morgan fingerprint density at radius 2 is 2.00 bits per heavy atom. The molecule has 88 valence electrons. The third-order valence-corrected chi connectivity index (χ3v) is 2.64. The Bertz CT molecular complexity index is 503. The van der Waals surface area contributed by atoms with Crippen LogP contribution in [0.4, 0.5) is 0 Å². The fourth-order valence-corrected chi connectivity index (χ4v) is 1.92. The summed E-state index contributed by atoms with van der Waals surface area (Å²) in [5, 5.41) is 0. The highest BCUT2D eigenvalue weighted by Gasteiger charge is 2.32. The van der Waals surface area contributed by atoms with Crippen molar-refractivity contribution < 1.29 is 9.53 Å². The first-order chi connectivity index (χ1) is 8.03. The lowest BCUT2D eigenvalue weighted by Gasteiger charge is -2.06. The van der Waals surface area contributed by atoms with Crippen LogP contribution in [0, 0.1) is 0 Å². The number of carbonyl (C=O) groups excluding carboxylic acids is 1. The number of nitrogens with zero attached hydrogens (tertiary/aromatic N) is 1. The van der Waals surface area contributed by atoms with Gasteiger partial charge in [-0.3, -0.25) is 4.99 Å². The molecule has 0 saturated heterocycles. The van der Waals surface area contributed by atoms with Crippen molar-refractivity contribution in [2.75, 3.05) is 7.11 Å². The van der Waals surface area contributed by atoms with Gasteiger partial charge in [0.05, 0.1) is 18.4 Å². The van der Waals surface area contributed by atoms with E-state index in [1.165, 1.54) is 7.11 Å². The maximum absolute atomic E-state index is 11.7. The maximum atomic E-state index is 11.7. The second-order valence-corrected chi connectivity index (χ2v) is 4.67. The lowest BCUT2D eigenvalue weighted by molar-refractivity contribution is -0.135. The van der Waals surface area contributed by atoms with Crippen LogP contribution in [0.3, 0.4) is 0 Å². The summed E-state index contributed by atoms with van der Waals surface area (Å²) in [6.07, 6.45) is 1.61. The number of hydrogen-bond acceptors (Lipinski definition) is 3. The minimum Gasteiger partial charge on any atom is -0.465 e. The topological polar surface area (TPSA) is 38.7 Å². The largest absolute Gasteiger partial charge is 0.465 e. The van der Waals surface area contributed by atoms with Crippen LogP contribution in [0.1, 0.15) is 12.5 Å². The number of halogens is 1. The molecule has 1 aromatic carbocycles. The van der Waals surface area contributed by atoms with Crippen molar-refractivity contribution in [2.24, 2.45) is 4.99 Å². The van der Waals surface area contributed by atoms with Gasteiger partial charge in [0, 0.05) is 5.56 Å². The molecule has 17 heavy (non-hydrogen) atoms. The first-order valence-corrected chi connectivity index (χ1v) is 5.57. The van der Waals surface area contributed by atoms with E-state index in [2.05, 4.69) is 4.99 Å². The lowest BCUT2D eigenvalue weighted by Crippen LogP contribution is -2.13. The molecule has 1 heterocycles. The predicted molar refractivity (Wildman–Crippen MR) is 67.3 cm³/mol. The lowest BCUT2D eigenvalue weighted by atomic mass is 10.0. The molecule has 2 rings (SSSR count). The Labute approximate surface area is 105 Å². The Balaban J connectivity index is 2.47. The molecule has 3 nitrogen and oxygen atoms in total. The van der Waals surface area contributed by atoms with Crippen molar-refractivity contribution in [1.29, 1.82) is 0 Å². The average Bonchev–Trinajstić information content (AvgIpc) is 2.65. The molecule has 4 heteroatoms. The Kier molecular flexibility index (Phi) is 3.03. The van der Waals surface area contributed by atoms with E-state index in [0.29, 0.717) is 11.3 Å². The summed E-state index contributed by atoms with van der Waals surface area (Å²) in [5.41, 5.74) is 1.85. The fraction of sp³-hybridized carbons (Fsp3) is 0.231. The van der Waals surface area contributed by atoms with Gasteiger partial charge in [0.15, 0.2) is 5.00 Å². The van der Waals surface area contributed by atoms with Crippen LogP contribution >= 0.6 is 11.6 Å². The first kappa shape index (κ1) is 11.9. The summed E-state index contributed by atoms with van der Waals surface area (Å²) >= 11 is 6.14. The van der Waals surface area contributed by atoms with Gasteiger partial charge in [-0.1, -0.05) is 41.9 Å². The van der Waals surface area contributed by atoms with Crippen molar-refractivity contribution >= 4 is 23.3 Å². The Morgan fingerprint density at radius 3 is 2.59 bits per heavy atom. The number of carbonyl (C=O) groups is 1. The summed E-state index contributed by atoms with van der Waals surface area (Å²) in [7, 11) is 1.34. The normalized spacial score (nSPS) is 23.0. The molecule has 0 amide bonds. The van der Waals surface area contributed by atoms with Crippen LogP contribution in [0.15, 0.2) is 47.0 Å². The highest BCUT2D eigenvalue weighted by atomic mass is 35.5. The summed E-state index contributed by atoms with van der Waals surface area (Å²) in [5.74, 6) is -0.419. The van der Waals surface area contributed by atoms with E-state index in [9.17, 15) is 4.79 Å². The van der Waals surface area contributed by atoms with Gasteiger partial charge in [0.25, 0.3) is 0 Å². The molecule has 0 saturated carbocycles. The van der Waals surface area contributed by atoms with Gasteiger partial charge in [-0.2, -0.15) is 0 Å². The number of esters is 1. The van der Waals surface area contributed by atoms with E-state index in [1.54, 1.807) is 13.0 Å². The molecule has 0 aromatic heterocycles. The van der Waals surface area contributed by atoms with E-state index < -0.39 is 11.0 Å². The molecule has 0 spiro atoms. The highest BCUT2D eigenvalue weighted by Crippen LogP contribution is 2.30. The number of benzene rings is 1. The monoisotopic (exact) mass is 249 g/mol. The zero-order valence-corrected chi connectivity index (χ0v) is 10.4. The number of ether oxygens (including phenoxy) is 1. The molecule has 0 radical (unpaired) electrons. The molecule has 1 aromatic rings. The van der Waals surface area contributed by atoms with Gasteiger partial charge in [0.2, 0.25) is 0 Å². The molecule has 0 N–H and O–H groups in total. The molecule has 1 atom stereocenters. The van der Waals surface area contributed by atoms with E-state index in [-0.39, 0.29) is 0 Å². The Hall–Kier alpha value is -1.61. The molecular formula is C13H12ClNO2. The molecule has 0 bridgehead atoms. The van der Waals surface area contributed by atoms with E-state index in [4.69, 9.17) is 16.3 Å². The van der Waals surface area contributed by atoms with Crippen molar-refractivity contribution in [1.82, 2.24) is 0 Å². The number of aliphatic imine (C=N–C) groups is 1. The summed E-state index contributed by atoms with van der Waals surface area (Å²) in [6.45, 7) is 1.73. The molecule has 0 aliphatic carbocycles. The van der Waals surface area contributed by atoms with Crippen LogP contribution in [-0.2, 0) is 9.53 Å². The van der Waals surface area contributed by atoms with Gasteiger partial charge < -0.3 is 4.74 Å². The van der Waals surface area contributed by atoms with E-state index in [0.717, 1.165) is 5.56 Å². The van der Waals surface area contributed by atoms with Crippen molar-refractivity contribution in [3.8, 4) is 0 Å². The van der Waals surface area contributed by atoms with Crippen LogP contribution in [0.5, 0.6) is 0 Å². The van der Waals surface area contributed by atoms with E-state index in [1.807, 2.05) is 30.3 Å². The van der Waals surface area contributed by atoms with Gasteiger partial charge >= 0.3 is 5.97 Å². The average molecular weight is 250 g/mol. The van der Waals surface area contributed by atoms with Crippen molar-refractivity contribution in [2.45, 2.75) is 11.9 Å². The third kappa shape index (κ3) is 2.39. The molecule has 1 aliphatic rings. The van der Waals surface area contributed by atoms with Crippen LogP contribution in [0.2, 0.25) is 0 Å². The quantitative estimate of drug-likeness (QED) is 0.459. The highest BCUT2D eigenvalue weighted by molar-refractivity contribution is 6.34. The second-order valence-electron chi connectivity index (χ2n) is 3.90. The smallest absolute Gasteiger partial charge is 0.339 e. The zero-order chi connectivity index (χ0) is 12.5. The maximum Gasteiger partial charge on any atom is 0.339 e. The molecule has 1 aliphatic heterocycles. The standard InChI is InChI=1S/C13H12ClNO2/c1-13(14)8-10(12(16)17-2)11(15-13)9-6-4-3-5-7-9/h3-8H,1-2H3. The third-order valence-electron chi connectivity index (χ3n) is 2.45. The van der Waals surface area contributed by atoms with Crippen LogP contribution in [-0.4, -0.2) is 23.8 Å². The summed E-state index contributed by atoms with van der Waals surface area (Å²) in [4.78, 5) is 15.1. The minimum atomic E-state index is -0.880. The van der Waals surface area contributed by atoms with Crippen molar-refractivity contribution in [3.63, 3.8) is 0 Å². The summed E-state index contributed by atoms with van der Waals surface area (Å²) in [6, 6.07) is 9.44. The van der Waals surface area contributed by atoms with Crippen molar-refractivity contribution in [3.05, 3.63) is 47.5 Å². The van der Waals surface area contributed by atoms with E-state index >= 15 is 0 Å². The Morgan fingerprint density at radius 1 is 1.35 bits per heavy atom. The van der Waals surface area contributed by atoms with Gasteiger partial charge in [-0.25, -0.2) is 4.79 Å². The molecular weight excluding hydrogens is 238 g/mol. The zero-order valence-electron chi connectivity index (χ0n) is 9.61. The minimum absolute atomic E-state index is 0.413. The number of methoxy groups -OCH3 is 1. The van der Waals surface area contributed by atoms with Gasteiger partial charge in [-0.05, 0) is 13.0 Å². The first-order valence-electron chi connectivity index (χ1n) is 5.19.